The largest absolute Gasteiger partial charge is 0.469 e. The van der Waals surface area contributed by atoms with Crippen LogP contribution in [0, 0.1) is 0 Å². The van der Waals surface area contributed by atoms with Gasteiger partial charge in [-0.05, 0) is 44.2 Å². The molecule has 0 radical (unpaired) electrons. The van der Waals surface area contributed by atoms with Crippen LogP contribution in [0.4, 0.5) is 0 Å². The van der Waals surface area contributed by atoms with Crippen LogP contribution in [0.5, 0.6) is 0 Å². The highest BCUT2D eigenvalue weighted by molar-refractivity contribution is 5.97. The van der Waals surface area contributed by atoms with E-state index in [9.17, 15) is 14.4 Å². The molecular weight excluding hydrogens is 400 g/mol. The number of piperazine rings is 1. The lowest BCUT2D eigenvalue weighted by Gasteiger charge is -2.34. The van der Waals surface area contributed by atoms with E-state index in [0.29, 0.717) is 31.5 Å². The molecule has 2 amide bonds. The van der Waals surface area contributed by atoms with Gasteiger partial charge < -0.3 is 19.9 Å². The van der Waals surface area contributed by atoms with Crippen molar-refractivity contribution in [3.63, 3.8) is 0 Å². The summed E-state index contributed by atoms with van der Waals surface area (Å²) in [5, 5.41) is 10.5. The van der Waals surface area contributed by atoms with Crippen molar-refractivity contribution in [3.8, 4) is 5.69 Å². The molecule has 1 aliphatic rings. The van der Waals surface area contributed by atoms with E-state index in [1.807, 2.05) is 7.05 Å². The highest BCUT2D eigenvalue weighted by Crippen LogP contribution is 2.12. The maximum atomic E-state index is 13.1. The second-order valence-electron chi connectivity index (χ2n) is 7.52. The molecule has 1 N–H and O–H groups in total. The molecule has 0 unspecified atom stereocenters. The molecule has 1 aliphatic heterocycles. The van der Waals surface area contributed by atoms with Crippen LogP contribution in [-0.2, 0) is 14.3 Å². The fraction of sp³-hybridized carbons (Fsp3) is 0.476. The molecule has 1 saturated heterocycles. The van der Waals surface area contributed by atoms with E-state index in [2.05, 4.69) is 25.3 Å². The van der Waals surface area contributed by atoms with Gasteiger partial charge in [0.1, 0.15) is 6.04 Å². The second kappa shape index (κ2) is 10.7. The summed E-state index contributed by atoms with van der Waals surface area (Å²) < 4.78 is 6.27. The molecule has 10 nitrogen and oxygen atoms in total. The minimum atomic E-state index is -0.699. The summed E-state index contributed by atoms with van der Waals surface area (Å²) in [5.41, 5.74) is 1.21. The lowest BCUT2D eigenvalue weighted by atomic mass is 10.1. The number of aromatic nitrogens is 3. The zero-order valence-corrected chi connectivity index (χ0v) is 17.9. The van der Waals surface area contributed by atoms with E-state index < -0.39 is 6.04 Å². The Morgan fingerprint density at radius 3 is 2.45 bits per heavy atom. The number of hydrogen-bond acceptors (Lipinski definition) is 7. The summed E-state index contributed by atoms with van der Waals surface area (Å²) in [6.07, 6.45) is 4.29. The molecule has 0 bridgehead atoms. The maximum absolute atomic E-state index is 13.1. The lowest BCUT2D eigenvalue weighted by molar-refractivity contribution is -0.141. The first kappa shape index (κ1) is 22.4. The average molecular weight is 428 g/mol. The van der Waals surface area contributed by atoms with Crippen molar-refractivity contribution in [3.05, 3.63) is 42.2 Å². The van der Waals surface area contributed by atoms with Crippen LogP contribution in [-0.4, -0.2) is 89.0 Å². The molecule has 0 aliphatic carbocycles. The molecule has 3 rings (SSSR count). The van der Waals surface area contributed by atoms with Gasteiger partial charge in [0.05, 0.1) is 25.2 Å². The molecule has 31 heavy (non-hydrogen) atoms. The predicted molar refractivity (Wildman–Crippen MR) is 113 cm³/mol. The van der Waals surface area contributed by atoms with Crippen LogP contribution < -0.4 is 5.32 Å². The number of ether oxygens (including phenoxy) is 1. The van der Waals surface area contributed by atoms with Gasteiger partial charge in [0, 0.05) is 38.2 Å². The van der Waals surface area contributed by atoms with Crippen molar-refractivity contribution in [1.82, 2.24) is 30.1 Å². The number of amides is 2. The third-order valence-electron chi connectivity index (χ3n) is 5.34. The zero-order valence-electron chi connectivity index (χ0n) is 17.9. The first-order valence-corrected chi connectivity index (χ1v) is 10.3. The van der Waals surface area contributed by atoms with Gasteiger partial charge in [0.2, 0.25) is 5.91 Å². The van der Waals surface area contributed by atoms with Crippen LogP contribution in [0.3, 0.4) is 0 Å². The molecule has 1 aromatic heterocycles. The van der Waals surface area contributed by atoms with Crippen molar-refractivity contribution in [1.29, 1.82) is 0 Å². The highest BCUT2D eigenvalue weighted by atomic mass is 16.5. The first-order valence-electron chi connectivity index (χ1n) is 10.3. The van der Waals surface area contributed by atoms with Gasteiger partial charge in [0.15, 0.2) is 0 Å². The highest BCUT2D eigenvalue weighted by Gasteiger charge is 2.28. The van der Waals surface area contributed by atoms with Gasteiger partial charge in [-0.1, -0.05) is 5.21 Å². The van der Waals surface area contributed by atoms with E-state index >= 15 is 0 Å². The number of rotatable bonds is 8. The number of nitrogens with one attached hydrogen (secondary N) is 1. The van der Waals surface area contributed by atoms with Crippen LogP contribution in [0.15, 0.2) is 36.7 Å². The molecule has 2 aromatic rings. The fourth-order valence-electron chi connectivity index (χ4n) is 3.41. The first-order chi connectivity index (χ1) is 15.0. The third kappa shape index (κ3) is 6.11. The van der Waals surface area contributed by atoms with Crippen LogP contribution in [0.2, 0.25) is 0 Å². The Labute approximate surface area is 181 Å². The van der Waals surface area contributed by atoms with E-state index in [1.54, 1.807) is 46.2 Å². The maximum Gasteiger partial charge on any atom is 0.305 e. The summed E-state index contributed by atoms with van der Waals surface area (Å²) in [5.74, 6) is -0.790. The Balaban J connectivity index is 1.66. The average Bonchev–Trinajstić information content (AvgIpc) is 3.33. The van der Waals surface area contributed by atoms with Crippen molar-refractivity contribution >= 4 is 17.8 Å². The van der Waals surface area contributed by atoms with E-state index in [1.165, 1.54) is 7.11 Å². The van der Waals surface area contributed by atoms with Crippen LogP contribution in [0.1, 0.15) is 29.6 Å². The number of carbonyl (C=O) groups is 3. The summed E-state index contributed by atoms with van der Waals surface area (Å²) in [7, 11) is 3.35. The molecule has 0 spiro atoms. The van der Waals surface area contributed by atoms with Gasteiger partial charge in [-0.15, -0.1) is 5.10 Å². The van der Waals surface area contributed by atoms with Crippen molar-refractivity contribution < 1.29 is 19.1 Å². The monoisotopic (exact) mass is 428 g/mol. The third-order valence-corrected chi connectivity index (χ3v) is 5.34. The Hall–Kier alpha value is -3.27. The second-order valence-corrected chi connectivity index (χ2v) is 7.52. The van der Waals surface area contributed by atoms with E-state index in [4.69, 9.17) is 0 Å². The molecule has 1 atom stereocenters. The van der Waals surface area contributed by atoms with Gasteiger partial charge in [0.25, 0.3) is 5.91 Å². The number of benzene rings is 1. The van der Waals surface area contributed by atoms with E-state index in [0.717, 1.165) is 18.8 Å². The molecule has 10 heteroatoms. The molecule has 166 valence electrons. The predicted octanol–water partition coefficient (Wildman–Crippen LogP) is 0.483. The Morgan fingerprint density at radius 2 is 1.84 bits per heavy atom. The summed E-state index contributed by atoms with van der Waals surface area (Å²) in [6.45, 7) is 2.81. The van der Waals surface area contributed by atoms with E-state index in [-0.39, 0.29) is 24.2 Å². The number of likely N-dealkylation sites (N-methyl/N-ethyl adjacent to an activating group) is 1. The van der Waals surface area contributed by atoms with Crippen LogP contribution in [0.25, 0.3) is 5.69 Å². The quantitative estimate of drug-likeness (QED) is 0.609. The van der Waals surface area contributed by atoms with Crippen molar-refractivity contribution in [2.45, 2.75) is 25.3 Å². The number of esters is 1. The molecule has 2 heterocycles. The standard InChI is InChI=1S/C21H28N6O4/c1-25-12-14-26(15-13-25)21(30)18(4-3-5-19(28)31-2)23-20(29)16-6-8-17(9-7-16)27-11-10-22-24-27/h6-11,18H,3-5,12-15H2,1-2H3,(H,23,29)/t18-/m0/s1. The summed E-state index contributed by atoms with van der Waals surface area (Å²) in [6, 6.07) is 6.18. The molecule has 1 fully saturated rings. The number of methoxy groups -OCH3 is 1. The minimum absolute atomic E-state index is 0.120. The Morgan fingerprint density at radius 1 is 1.13 bits per heavy atom. The topological polar surface area (TPSA) is 110 Å². The van der Waals surface area contributed by atoms with Crippen molar-refractivity contribution in [2.75, 3.05) is 40.3 Å². The SMILES string of the molecule is COC(=O)CCC[C@H](NC(=O)c1ccc(-n2ccnn2)cc1)C(=O)N1CCN(C)CC1. The van der Waals surface area contributed by atoms with Crippen LogP contribution >= 0.6 is 0 Å². The van der Waals surface area contributed by atoms with Crippen molar-refractivity contribution in [2.24, 2.45) is 0 Å². The normalized spacial score (nSPS) is 15.4. The lowest BCUT2D eigenvalue weighted by Crippen LogP contribution is -2.54. The van der Waals surface area contributed by atoms with Gasteiger partial charge in [-0.2, -0.15) is 0 Å². The Bertz CT molecular complexity index is 876. The van der Waals surface area contributed by atoms with Gasteiger partial charge in [-0.25, -0.2) is 4.68 Å². The zero-order chi connectivity index (χ0) is 22.2. The Kier molecular flexibility index (Phi) is 7.71. The number of nitrogens with zero attached hydrogens (tertiary/aromatic N) is 5. The van der Waals surface area contributed by atoms with Gasteiger partial charge >= 0.3 is 5.97 Å². The molecule has 1 aromatic carbocycles. The minimum Gasteiger partial charge on any atom is -0.469 e. The fourth-order valence-corrected chi connectivity index (χ4v) is 3.41. The summed E-state index contributed by atoms with van der Waals surface area (Å²) >= 11 is 0. The smallest absolute Gasteiger partial charge is 0.305 e. The summed E-state index contributed by atoms with van der Waals surface area (Å²) in [4.78, 5) is 41.3. The van der Waals surface area contributed by atoms with Gasteiger partial charge in [-0.3, -0.25) is 14.4 Å². The number of carbonyl (C=O) groups excluding carboxylic acids is 3. The molecular formula is C21H28N6O4. The number of hydrogen-bond donors (Lipinski definition) is 1. The molecule has 0 saturated carbocycles.